The van der Waals surface area contributed by atoms with E-state index in [1.54, 1.807) is 11.3 Å². The Morgan fingerprint density at radius 3 is 2.94 bits per heavy atom. The van der Waals surface area contributed by atoms with E-state index in [2.05, 4.69) is 26.9 Å². The molecule has 0 spiro atoms. The molecule has 0 aliphatic carbocycles. The van der Waals surface area contributed by atoms with Crippen molar-refractivity contribution < 1.29 is 0 Å². The Morgan fingerprint density at radius 1 is 1.59 bits per heavy atom. The maximum atomic E-state index is 6.04. The third-order valence-corrected chi connectivity index (χ3v) is 5.47. The van der Waals surface area contributed by atoms with Crippen molar-refractivity contribution in [1.29, 1.82) is 0 Å². The number of thiophene rings is 1. The van der Waals surface area contributed by atoms with Crippen LogP contribution in [0.5, 0.6) is 0 Å². The number of nitrogens with zero attached hydrogens (tertiary/aromatic N) is 1. The van der Waals surface area contributed by atoms with Gasteiger partial charge in [0.2, 0.25) is 0 Å². The molecule has 2 rings (SSSR count). The van der Waals surface area contributed by atoms with E-state index in [1.807, 2.05) is 0 Å². The molecule has 98 valence electrons. The van der Waals surface area contributed by atoms with Gasteiger partial charge in [0.15, 0.2) is 0 Å². The number of nitrogens with two attached hydrogens (primary N) is 1. The second kappa shape index (κ2) is 7.31. The van der Waals surface area contributed by atoms with E-state index < -0.39 is 0 Å². The zero-order valence-corrected chi connectivity index (χ0v) is 13.5. The van der Waals surface area contributed by atoms with Crippen LogP contribution >= 0.6 is 51.3 Å². The van der Waals surface area contributed by atoms with Crippen molar-refractivity contribution in [2.24, 2.45) is 11.7 Å². The molecule has 0 aromatic carbocycles. The Kier molecular flexibility index (Phi) is 6.77. The van der Waals surface area contributed by atoms with Gasteiger partial charge in [-0.25, -0.2) is 0 Å². The van der Waals surface area contributed by atoms with Crippen LogP contribution in [0.3, 0.4) is 0 Å². The van der Waals surface area contributed by atoms with Gasteiger partial charge in [-0.1, -0.05) is 11.6 Å². The van der Waals surface area contributed by atoms with Gasteiger partial charge in [-0.05, 0) is 53.8 Å². The van der Waals surface area contributed by atoms with Gasteiger partial charge in [-0.2, -0.15) is 0 Å². The van der Waals surface area contributed by atoms with Crippen LogP contribution in [0.25, 0.3) is 0 Å². The zero-order valence-electron chi connectivity index (χ0n) is 9.49. The van der Waals surface area contributed by atoms with Crippen molar-refractivity contribution in [2.75, 3.05) is 19.6 Å². The summed E-state index contributed by atoms with van der Waals surface area (Å²) in [5.74, 6) is 0.674. The minimum absolute atomic E-state index is 0. The van der Waals surface area contributed by atoms with Gasteiger partial charge in [0, 0.05) is 22.4 Å². The minimum atomic E-state index is 0. The third-order valence-electron chi connectivity index (χ3n) is 3.01. The summed E-state index contributed by atoms with van der Waals surface area (Å²) >= 11 is 11.1. The van der Waals surface area contributed by atoms with Gasteiger partial charge >= 0.3 is 0 Å². The molecule has 0 radical (unpaired) electrons. The molecule has 2 heterocycles. The number of rotatable bonds is 3. The average molecular weight is 360 g/mol. The Balaban J connectivity index is 0.00000144. The topological polar surface area (TPSA) is 29.3 Å². The summed E-state index contributed by atoms with van der Waals surface area (Å²) in [6.45, 7) is 4.13. The summed E-state index contributed by atoms with van der Waals surface area (Å²) in [5.41, 5.74) is 5.73. The first-order valence-electron chi connectivity index (χ1n) is 5.55. The molecule has 2 N–H and O–H groups in total. The molecule has 1 fully saturated rings. The molecule has 17 heavy (non-hydrogen) atoms. The van der Waals surface area contributed by atoms with E-state index in [1.165, 1.54) is 24.3 Å². The first-order valence-corrected chi connectivity index (χ1v) is 7.54. The third kappa shape index (κ3) is 4.37. The van der Waals surface area contributed by atoms with Crippen molar-refractivity contribution >= 4 is 51.3 Å². The summed E-state index contributed by atoms with van der Waals surface area (Å²) in [7, 11) is 0. The van der Waals surface area contributed by atoms with Crippen LogP contribution in [0.4, 0.5) is 0 Å². The lowest BCUT2D eigenvalue weighted by Gasteiger charge is -2.31. The molecule has 1 atom stereocenters. The van der Waals surface area contributed by atoms with Crippen molar-refractivity contribution in [3.8, 4) is 0 Å². The predicted octanol–water partition coefficient (Wildman–Crippen LogP) is 3.76. The molecule has 1 aliphatic heterocycles. The molecule has 1 saturated heterocycles. The maximum absolute atomic E-state index is 6.04. The number of hydrogen-bond donors (Lipinski definition) is 1. The van der Waals surface area contributed by atoms with E-state index in [4.69, 9.17) is 17.3 Å². The smallest absolute Gasteiger partial charge is 0.107 e. The summed E-state index contributed by atoms with van der Waals surface area (Å²) < 4.78 is 1.86. The zero-order chi connectivity index (χ0) is 11.5. The Morgan fingerprint density at radius 2 is 2.35 bits per heavy atom. The normalized spacial score (nSPS) is 21.2. The van der Waals surface area contributed by atoms with Gasteiger partial charge < -0.3 is 5.73 Å². The molecule has 2 nitrogen and oxygen atoms in total. The molecule has 1 aromatic rings. The first kappa shape index (κ1) is 15.7. The minimum Gasteiger partial charge on any atom is -0.330 e. The largest absolute Gasteiger partial charge is 0.330 e. The molecular formula is C11H17BrCl2N2S. The Bertz CT molecular complexity index is 340. The number of halogens is 3. The van der Waals surface area contributed by atoms with Crippen LogP contribution in [-0.2, 0) is 6.54 Å². The quantitative estimate of drug-likeness (QED) is 0.890. The van der Waals surface area contributed by atoms with Crippen molar-refractivity contribution in [2.45, 2.75) is 19.4 Å². The lowest BCUT2D eigenvalue weighted by molar-refractivity contribution is 0.172. The van der Waals surface area contributed by atoms with E-state index in [0.29, 0.717) is 5.92 Å². The summed E-state index contributed by atoms with van der Waals surface area (Å²) in [4.78, 5) is 3.81. The molecule has 1 unspecified atom stereocenters. The molecule has 0 amide bonds. The standard InChI is InChI=1S/C11H16BrClN2S.ClH/c12-10-4-9(16-11(10)13)7-15-3-1-2-8(5-14)6-15;/h4,8H,1-3,5-7,14H2;1H. The number of likely N-dealkylation sites (tertiary alicyclic amines) is 1. The lowest BCUT2D eigenvalue weighted by Crippen LogP contribution is -2.37. The average Bonchev–Trinajstić information content (AvgIpc) is 2.58. The highest BCUT2D eigenvalue weighted by atomic mass is 79.9. The monoisotopic (exact) mass is 358 g/mol. The fourth-order valence-corrected chi connectivity index (χ4v) is 4.01. The van der Waals surface area contributed by atoms with Gasteiger partial charge in [0.25, 0.3) is 0 Å². The second-order valence-corrected chi connectivity index (χ2v) is 6.91. The molecule has 0 saturated carbocycles. The molecular weight excluding hydrogens is 343 g/mol. The number of piperidine rings is 1. The van der Waals surface area contributed by atoms with Crippen LogP contribution in [0.15, 0.2) is 10.5 Å². The SMILES string of the molecule is Cl.NCC1CCCN(Cc2cc(Br)c(Cl)s2)C1. The van der Waals surface area contributed by atoms with Crippen LogP contribution in [0.2, 0.25) is 4.34 Å². The Labute approximate surface area is 126 Å². The van der Waals surface area contributed by atoms with Gasteiger partial charge in [-0.3, -0.25) is 4.90 Å². The van der Waals surface area contributed by atoms with Crippen LogP contribution < -0.4 is 5.73 Å². The van der Waals surface area contributed by atoms with Crippen molar-refractivity contribution in [3.63, 3.8) is 0 Å². The summed E-state index contributed by atoms with van der Waals surface area (Å²) in [6, 6.07) is 2.12. The fraction of sp³-hybridized carbons (Fsp3) is 0.636. The molecule has 6 heteroatoms. The van der Waals surface area contributed by atoms with Crippen LogP contribution in [0.1, 0.15) is 17.7 Å². The highest BCUT2D eigenvalue weighted by Gasteiger charge is 2.19. The molecule has 1 aliphatic rings. The lowest BCUT2D eigenvalue weighted by atomic mass is 9.98. The van der Waals surface area contributed by atoms with E-state index in [0.717, 1.165) is 28.4 Å². The van der Waals surface area contributed by atoms with Gasteiger partial charge in [0.1, 0.15) is 4.34 Å². The van der Waals surface area contributed by atoms with Gasteiger partial charge in [-0.15, -0.1) is 23.7 Å². The van der Waals surface area contributed by atoms with E-state index in [-0.39, 0.29) is 12.4 Å². The fourth-order valence-electron chi connectivity index (χ4n) is 2.18. The number of hydrogen-bond acceptors (Lipinski definition) is 3. The summed E-state index contributed by atoms with van der Waals surface area (Å²) in [5, 5.41) is 0. The van der Waals surface area contributed by atoms with E-state index in [9.17, 15) is 0 Å². The van der Waals surface area contributed by atoms with Crippen molar-refractivity contribution in [3.05, 3.63) is 19.8 Å². The second-order valence-electron chi connectivity index (χ2n) is 4.31. The molecule has 1 aromatic heterocycles. The highest BCUT2D eigenvalue weighted by Crippen LogP contribution is 2.33. The van der Waals surface area contributed by atoms with Crippen molar-refractivity contribution in [1.82, 2.24) is 4.90 Å². The highest BCUT2D eigenvalue weighted by molar-refractivity contribution is 9.10. The van der Waals surface area contributed by atoms with Gasteiger partial charge in [0.05, 0.1) is 0 Å². The maximum Gasteiger partial charge on any atom is 0.107 e. The summed E-state index contributed by atoms with van der Waals surface area (Å²) in [6.07, 6.45) is 2.55. The van der Waals surface area contributed by atoms with E-state index >= 15 is 0 Å². The van der Waals surface area contributed by atoms with Crippen LogP contribution in [-0.4, -0.2) is 24.5 Å². The van der Waals surface area contributed by atoms with Crippen LogP contribution in [0, 0.1) is 5.92 Å². The molecule has 0 bridgehead atoms. The Hall–Kier alpha value is 0.680. The first-order chi connectivity index (χ1) is 7.69. The predicted molar refractivity (Wildman–Crippen MR) is 81.3 cm³/mol.